The molecule has 0 N–H and O–H groups in total. The average Bonchev–Trinajstić information content (AvgIpc) is 3.13. The molecule has 4 aliphatic heterocycles. The third-order valence-corrected chi connectivity index (χ3v) is 9.17. The van der Waals surface area contributed by atoms with Gasteiger partial charge in [-0.15, -0.1) is 0 Å². The Kier molecular flexibility index (Phi) is 3.55. The maximum absolute atomic E-state index is 13.0. The molecule has 6 fully saturated rings. The van der Waals surface area contributed by atoms with Crippen molar-refractivity contribution in [1.82, 2.24) is 0 Å². The van der Waals surface area contributed by atoms with E-state index in [0.29, 0.717) is 26.2 Å². The van der Waals surface area contributed by atoms with Gasteiger partial charge in [-0.25, -0.2) is 0 Å². The summed E-state index contributed by atoms with van der Waals surface area (Å²) >= 11 is 0. The fourth-order valence-corrected chi connectivity index (χ4v) is 8.01. The van der Waals surface area contributed by atoms with Crippen LogP contribution in [0.5, 0.6) is 0 Å². The molecule has 7 heteroatoms. The van der Waals surface area contributed by atoms with Gasteiger partial charge in [0, 0.05) is 37.7 Å². The number of ether oxygens (including phenoxy) is 5. The third kappa shape index (κ3) is 2.09. The first-order valence-electron chi connectivity index (χ1n) is 11.1. The Bertz CT molecular complexity index is 769. The summed E-state index contributed by atoms with van der Waals surface area (Å²) in [6, 6.07) is 0. The Morgan fingerprint density at radius 1 is 1.10 bits per heavy atom. The zero-order valence-electron chi connectivity index (χ0n) is 17.3. The summed E-state index contributed by atoms with van der Waals surface area (Å²) in [5, 5.41) is 0. The van der Waals surface area contributed by atoms with E-state index in [4.69, 9.17) is 23.7 Å². The van der Waals surface area contributed by atoms with E-state index in [2.05, 4.69) is 0 Å². The number of carbonyl (C=O) groups excluding carboxylic acids is 2. The number of cyclic esters (lactones) is 1. The number of carbonyl (C=O) groups is 2. The summed E-state index contributed by atoms with van der Waals surface area (Å²) in [5.41, 5.74) is -2.29. The average molecular weight is 406 g/mol. The number of fused-ring (bicyclic) bond motifs is 1. The van der Waals surface area contributed by atoms with Gasteiger partial charge in [0.2, 0.25) is 0 Å². The highest BCUT2D eigenvalue weighted by atomic mass is 16.7. The maximum atomic E-state index is 13.0. The van der Waals surface area contributed by atoms with Crippen LogP contribution in [0.2, 0.25) is 0 Å². The quantitative estimate of drug-likeness (QED) is 0.487. The van der Waals surface area contributed by atoms with E-state index in [1.165, 1.54) is 6.92 Å². The Morgan fingerprint density at radius 3 is 2.62 bits per heavy atom. The summed E-state index contributed by atoms with van der Waals surface area (Å²) in [7, 11) is 0. The van der Waals surface area contributed by atoms with Crippen LogP contribution in [0, 0.1) is 16.7 Å². The number of hydrogen-bond donors (Lipinski definition) is 0. The molecule has 0 aromatic carbocycles. The Balaban J connectivity index is 1.51. The molecule has 6 aliphatic rings. The van der Waals surface area contributed by atoms with Gasteiger partial charge in [0.15, 0.2) is 0 Å². The summed E-state index contributed by atoms with van der Waals surface area (Å²) < 4.78 is 30.8. The van der Waals surface area contributed by atoms with Gasteiger partial charge in [-0.05, 0) is 32.6 Å². The highest BCUT2D eigenvalue weighted by molar-refractivity contribution is 5.79. The van der Waals surface area contributed by atoms with Gasteiger partial charge in [0.05, 0.1) is 24.2 Å². The molecule has 4 heterocycles. The summed E-state index contributed by atoms with van der Waals surface area (Å²) in [6.45, 7) is 5.74. The number of rotatable bonds is 1. The van der Waals surface area contributed by atoms with E-state index in [1.54, 1.807) is 0 Å². The van der Waals surface area contributed by atoms with Gasteiger partial charge in [-0.3, -0.25) is 9.59 Å². The predicted octanol–water partition coefficient (Wildman–Crippen LogP) is 2.15. The van der Waals surface area contributed by atoms with Crippen LogP contribution in [-0.4, -0.2) is 61.3 Å². The Hall–Kier alpha value is -1.18. The summed E-state index contributed by atoms with van der Waals surface area (Å²) in [6.07, 6.45) is 5.57. The van der Waals surface area contributed by atoms with Crippen molar-refractivity contribution < 1.29 is 33.3 Å². The van der Waals surface area contributed by atoms with Gasteiger partial charge in [0.25, 0.3) is 0 Å². The van der Waals surface area contributed by atoms with Crippen molar-refractivity contribution in [3.05, 3.63) is 0 Å². The van der Waals surface area contributed by atoms with Crippen molar-refractivity contribution in [1.29, 1.82) is 0 Å². The second kappa shape index (κ2) is 5.54. The molecule has 0 aromatic rings. The minimum atomic E-state index is -0.661. The lowest BCUT2D eigenvalue weighted by Gasteiger charge is -2.67. The minimum Gasteiger partial charge on any atom is -0.465 e. The van der Waals surface area contributed by atoms with Crippen molar-refractivity contribution >= 4 is 11.9 Å². The Labute approximate surface area is 170 Å². The first-order chi connectivity index (χ1) is 13.8. The molecule has 0 radical (unpaired) electrons. The van der Waals surface area contributed by atoms with Gasteiger partial charge in [-0.1, -0.05) is 6.42 Å². The molecular formula is C22H30O7. The molecule has 7 atom stereocenters. The standard InChI is InChI=1S/C22H30O7/c1-14(23)28-15-10-21(13-27-21)22(7-6-19(29-22)8-9-25-11-19)20-5-3-4-18(2,16(15)20)17(24)26-12-20/h15-16H,3-13H2,1-2H3/t15-,16+,18+,19+,20-,21-,22+/m1/s1. The highest BCUT2D eigenvalue weighted by Gasteiger charge is 2.84. The van der Waals surface area contributed by atoms with Crippen LogP contribution in [0.1, 0.15) is 58.8 Å². The second-order valence-corrected chi connectivity index (χ2v) is 10.5. The van der Waals surface area contributed by atoms with E-state index in [9.17, 15) is 9.59 Å². The molecule has 6 rings (SSSR count). The number of esters is 2. The van der Waals surface area contributed by atoms with Crippen LogP contribution in [0.3, 0.4) is 0 Å². The van der Waals surface area contributed by atoms with Gasteiger partial charge in [0.1, 0.15) is 23.9 Å². The zero-order chi connectivity index (χ0) is 20.1. The molecule has 2 bridgehead atoms. The fraction of sp³-hybridized carbons (Fsp3) is 0.909. The fourth-order valence-electron chi connectivity index (χ4n) is 8.01. The normalized spacial score (nSPS) is 55.2. The molecule has 4 saturated heterocycles. The number of epoxide rings is 1. The van der Waals surface area contributed by atoms with Gasteiger partial charge < -0.3 is 23.7 Å². The van der Waals surface area contributed by atoms with Crippen LogP contribution in [-0.2, 0) is 33.3 Å². The third-order valence-electron chi connectivity index (χ3n) is 9.17. The highest BCUT2D eigenvalue weighted by Crippen LogP contribution is 2.74. The van der Waals surface area contributed by atoms with Crippen LogP contribution in [0.25, 0.3) is 0 Å². The summed E-state index contributed by atoms with van der Waals surface area (Å²) in [4.78, 5) is 25.0. The molecular weight excluding hydrogens is 376 g/mol. The summed E-state index contributed by atoms with van der Waals surface area (Å²) in [5.74, 6) is -0.568. The van der Waals surface area contributed by atoms with E-state index < -0.39 is 22.0 Å². The van der Waals surface area contributed by atoms with E-state index in [1.807, 2.05) is 6.92 Å². The van der Waals surface area contributed by atoms with Crippen molar-refractivity contribution in [3.8, 4) is 0 Å². The van der Waals surface area contributed by atoms with Crippen molar-refractivity contribution in [2.75, 3.05) is 26.4 Å². The predicted molar refractivity (Wildman–Crippen MR) is 98.9 cm³/mol. The van der Waals surface area contributed by atoms with Crippen LogP contribution in [0.15, 0.2) is 0 Å². The molecule has 0 unspecified atom stereocenters. The molecule has 7 nitrogen and oxygen atoms in total. The second-order valence-electron chi connectivity index (χ2n) is 10.5. The molecule has 2 aliphatic carbocycles. The molecule has 0 amide bonds. The molecule has 3 spiro atoms. The first kappa shape index (κ1) is 18.6. The minimum absolute atomic E-state index is 0.110. The van der Waals surface area contributed by atoms with Crippen LogP contribution in [0.4, 0.5) is 0 Å². The van der Waals surface area contributed by atoms with Crippen LogP contribution < -0.4 is 0 Å². The number of hydrogen-bond acceptors (Lipinski definition) is 7. The maximum Gasteiger partial charge on any atom is 0.312 e. The molecule has 0 aromatic heterocycles. The zero-order valence-corrected chi connectivity index (χ0v) is 17.3. The van der Waals surface area contributed by atoms with Gasteiger partial charge in [-0.2, -0.15) is 0 Å². The van der Waals surface area contributed by atoms with E-state index in [0.717, 1.165) is 45.1 Å². The smallest absolute Gasteiger partial charge is 0.312 e. The largest absolute Gasteiger partial charge is 0.465 e. The van der Waals surface area contributed by atoms with Crippen molar-refractivity contribution in [2.45, 2.75) is 81.7 Å². The molecule has 29 heavy (non-hydrogen) atoms. The topological polar surface area (TPSA) is 83.6 Å². The van der Waals surface area contributed by atoms with Crippen molar-refractivity contribution in [2.24, 2.45) is 16.7 Å². The first-order valence-corrected chi connectivity index (χ1v) is 11.1. The van der Waals surface area contributed by atoms with Gasteiger partial charge >= 0.3 is 11.9 Å². The van der Waals surface area contributed by atoms with Crippen LogP contribution >= 0.6 is 0 Å². The van der Waals surface area contributed by atoms with E-state index in [-0.39, 0.29) is 29.6 Å². The Morgan fingerprint density at radius 2 is 1.93 bits per heavy atom. The lowest BCUT2D eigenvalue weighted by molar-refractivity contribution is -0.311. The lowest BCUT2D eigenvalue weighted by atomic mass is 9.41. The monoisotopic (exact) mass is 406 g/mol. The lowest BCUT2D eigenvalue weighted by Crippen LogP contribution is -2.76. The molecule has 160 valence electrons. The van der Waals surface area contributed by atoms with Crippen molar-refractivity contribution in [3.63, 3.8) is 0 Å². The SMILES string of the molecule is CC(=O)O[C@@H]1C[C@@]2(CO2)[C@]2(CC[C@@]3(CCOC3)O2)[C@]23CCC[C@](C)(C(=O)OC2)[C@H]13. The molecule has 2 saturated carbocycles. The van der Waals surface area contributed by atoms with E-state index >= 15 is 0 Å².